The summed E-state index contributed by atoms with van der Waals surface area (Å²) in [6.45, 7) is 6.01. The first-order valence-corrected chi connectivity index (χ1v) is 9.14. The number of ether oxygens (including phenoxy) is 1. The molecule has 3 atom stereocenters. The van der Waals surface area contributed by atoms with E-state index in [1.165, 1.54) is 0 Å². The first-order chi connectivity index (χ1) is 11.9. The second kappa shape index (κ2) is 7.49. The standard InChI is InChI=1S/C21H24ClNO2/c1-13(2)25-18-9-7-15(8-10-18)14(3)23-21(24)20-12-19(20)16-5-4-6-17(22)11-16/h4-11,13-14,19-20H,12H2,1-3H3,(H,23,24). The molecule has 3 nitrogen and oxygen atoms in total. The highest BCUT2D eigenvalue weighted by Gasteiger charge is 2.44. The van der Waals surface area contributed by atoms with E-state index in [0.717, 1.165) is 28.3 Å². The van der Waals surface area contributed by atoms with E-state index in [9.17, 15) is 4.79 Å². The van der Waals surface area contributed by atoms with Gasteiger partial charge in [-0.05, 0) is 68.5 Å². The molecule has 3 unspecified atom stereocenters. The Morgan fingerprint density at radius 1 is 1.16 bits per heavy atom. The molecule has 1 amide bonds. The number of hydrogen-bond acceptors (Lipinski definition) is 2. The number of halogens is 1. The van der Waals surface area contributed by atoms with Crippen molar-refractivity contribution < 1.29 is 9.53 Å². The first kappa shape index (κ1) is 17.8. The minimum Gasteiger partial charge on any atom is -0.491 e. The van der Waals surface area contributed by atoms with Crippen LogP contribution in [0.4, 0.5) is 0 Å². The molecular weight excluding hydrogens is 334 g/mol. The molecule has 0 aromatic heterocycles. The minimum atomic E-state index is -0.0267. The summed E-state index contributed by atoms with van der Waals surface area (Å²) in [7, 11) is 0. The van der Waals surface area contributed by atoms with Gasteiger partial charge in [-0.3, -0.25) is 4.79 Å². The number of carbonyl (C=O) groups excluding carboxylic acids is 1. The average Bonchev–Trinajstić information content (AvgIpc) is 3.35. The summed E-state index contributed by atoms with van der Waals surface area (Å²) in [6, 6.07) is 15.7. The maximum Gasteiger partial charge on any atom is 0.224 e. The van der Waals surface area contributed by atoms with Crippen LogP contribution in [0.1, 0.15) is 50.3 Å². The lowest BCUT2D eigenvalue weighted by atomic mass is 10.1. The molecule has 132 valence electrons. The van der Waals surface area contributed by atoms with Crippen molar-refractivity contribution in [1.29, 1.82) is 0 Å². The summed E-state index contributed by atoms with van der Waals surface area (Å²) < 4.78 is 5.65. The molecular formula is C21H24ClNO2. The van der Waals surface area contributed by atoms with Gasteiger partial charge >= 0.3 is 0 Å². The van der Waals surface area contributed by atoms with Gasteiger partial charge in [-0.2, -0.15) is 0 Å². The molecule has 0 bridgehead atoms. The predicted octanol–water partition coefficient (Wildman–Crippen LogP) is 5.11. The Kier molecular flexibility index (Phi) is 5.33. The van der Waals surface area contributed by atoms with Gasteiger partial charge in [0.1, 0.15) is 5.75 Å². The fourth-order valence-electron chi connectivity index (χ4n) is 3.10. The van der Waals surface area contributed by atoms with Crippen molar-refractivity contribution in [2.45, 2.75) is 45.3 Å². The van der Waals surface area contributed by atoms with E-state index in [2.05, 4.69) is 5.32 Å². The number of benzene rings is 2. The molecule has 25 heavy (non-hydrogen) atoms. The molecule has 0 heterocycles. The van der Waals surface area contributed by atoms with Crippen LogP contribution in [0.3, 0.4) is 0 Å². The van der Waals surface area contributed by atoms with Crippen molar-refractivity contribution in [2.24, 2.45) is 5.92 Å². The number of hydrogen-bond donors (Lipinski definition) is 1. The van der Waals surface area contributed by atoms with Crippen LogP contribution in [-0.4, -0.2) is 12.0 Å². The Hall–Kier alpha value is -2.00. The van der Waals surface area contributed by atoms with Gasteiger partial charge in [-0.15, -0.1) is 0 Å². The highest BCUT2D eigenvalue weighted by molar-refractivity contribution is 6.30. The highest BCUT2D eigenvalue weighted by Crippen LogP contribution is 2.48. The molecule has 2 aromatic carbocycles. The van der Waals surface area contributed by atoms with Gasteiger partial charge in [0.2, 0.25) is 5.91 Å². The lowest BCUT2D eigenvalue weighted by Gasteiger charge is -2.16. The minimum absolute atomic E-state index is 0.0267. The molecule has 0 aliphatic heterocycles. The van der Waals surface area contributed by atoms with E-state index in [1.54, 1.807) is 0 Å². The molecule has 3 rings (SSSR count). The Bertz CT molecular complexity index is 742. The molecule has 1 fully saturated rings. The molecule has 0 radical (unpaired) electrons. The second-order valence-electron chi connectivity index (χ2n) is 6.97. The van der Waals surface area contributed by atoms with Gasteiger partial charge in [-0.1, -0.05) is 35.9 Å². The van der Waals surface area contributed by atoms with Crippen LogP contribution >= 0.6 is 11.6 Å². The summed E-state index contributed by atoms with van der Waals surface area (Å²) >= 11 is 6.04. The second-order valence-corrected chi connectivity index (χ2v) is 7.41. The molecule has 1 saturated carbocycles. The van der Waals surface area contributed by atoms with Gasteiger partial charge in [0.05, 0.1) is 12.1 Å². The zero-order chi connectivity index (χ0) is 18.0. The van der Waals surface area contributed by atoms with E-state index in [0.29, 0.717) is 0 Å². The zero-order valence-electron chi connectivity index (χ0n) is 14.8. The van der Waals surface area contributed by atoms with Crippen LogP contribution in [0.5, 0.6) is 5.75 Å². The van der Waals surface area contributed by atoms with Gasteiger partial charge in [-0.25, -0.2) is 0 Å². The normalized spacial score (nSPS) is 20.2. The van der Waals surface area contributed by atoms with E-state index in [-0.39, 0.29) is 29.9 Å². The maximum atomic E-state index is 12.5. The molecule has 0 saturated heterocycles. The van der Waals surface area contributed by atoms with Crippen LogP contribution < -0.4 is 10.1 Å². The lowest BCUT2D eigenvalue weighted by molar-refractivity contribution is -0.123. The topological polar surface area (TPSA) is 38.3 Å². The first-order valence-electron chi connectivity index (χ1n) is 8.76. The fraction of sp³-hybridized carbons (Fsp3) is 0.381. The number of carbonyl (C=O) groups is 1. The Labute approximate surface area is 154 Å². The van der Waals surface area contributed by atoms with Crippen molar-refractivity contribution in [1.82, 2.24) is 5.32 Å². The summed E-state index contributed by atoms with van der Waals surface area (Å²) in [6.07, 6.45) is 1.04. The monoisotopic (exact) mass is 357 g/mol. The van der Waals surface area contributed by atoms with Gasteiger partial charge in [0.15, 0.2) is 0 Å². The molecule has 1 N–H and O–H groups in total. The summed E-state index contributed by atoms with van der Waals surface area (Å²) in [5, 5.41) is 3.84. The van der Waals surface area contributed by atoms with Crippen LogP contribution in [0, 0.1) is 5.92 Å². The summed E-state index contributed by atoms with van der Waals surface area (Å²) in [4.78, 5) is 12.5. The number of nitrogens with one attached hydrogen (secondary N) is 1. The molecule has 2 aromatic rings. The van der Waals surface area contributed by atoms with Crippen molar-refractivity contribution in [3.8, 4) is 5.75 Å². The molecule has 0 spiro atoms. The third-order valence-corrected chi connectivity index (χ3v) is 4.75. The average molecular weight is 358 g/mol. The molecule has 1 aliphatic rings. The van der Waals surface area contributed by atoms with Crippen molar-refractivity contribution in [3.63, 3.8) is 0 Å². The van der Waals surface area contributed by atoms with Gasteiger partial charge in [0.25, 0.3) is 0 Å². The van der Waals surface area contributed by atoms with E-state index >= 15 is 0 Å². The third-order valence-electron chi connectivity index (χ3n) is 4.51. The van der Waals surface area contributed by atoms with Crippen LogP contribution in [-0.2, 0) is 4.79 Å². The number of amides is 1. The lowest BCUT2D eigenvalue weighted by Crippen LogP contribution is -2.28. The third kappa shape index (κ3) is 4.55. The zero-order valence-corrected chi connectivity index (χ0v) is 15.6. The van der Waals surface area contributed by atoms with Crippen molar-refractivity contribution in [3.05, 3.63) is 64.7 Å². The van der Waals surface area contributed by atoms with Crippen molar-refractivity contribution >= 4 is 17.5 Å². The van der Waals surface area contributed by atoms with E-state index in [4.69, 9.17) is 16.3 Å². The predicted molar refractivity (Wildman–Crippen MR) is 101 cm³/mol. The van der Waals surface area contributed by atoms with Crippen LogP contribution in [0.25, 0.3) is 0 Å². The SMILES string of the molecule is CC(C)Oc1ccc(C(C)NC(=O)C2CC2c2cccc(Cl)c2)cc1. The van der Waals surface area contributed by atoms with Crippen LogP contribution in [0.15, 0.2) is 48.5 Å². The Morgan fingerprint density at radius 3 is 2.52 bits per heavy atom. The summed E-state index contributed by atoms with van der Waals surface area (Å²) in [5.41, 5.74) is 2.22. The van der Waals surface area contributed by atoms with Crippen molar-refractivity contribution in [2.75, 3.05) is 0 Å². The quantitative estimate of drug-likeness (QED) is 0.780. The van der Waals surface area contributed by atoms with Crippen LogP contribution in [0.2, 0.25) is 5.02 Å². The molecule has 1 aliphatic carbocycles. The summed E-state index contributed by atoms with van der Waals surface area (Å²) in [5.74, 6) is 1.29. The van der Waals surface area contributed by atoms with E-state index in [1.807, 2.05) is 69.3 Å². The highest BCUT2D eigenvalue weighted by atomic mass is 35.5. The largest absolute Gasteiger partial charge is 0.491 e. The Morgan fingerprint density at radius 2 is 1.88 bits per heavy atom. The smallest absolute Gasteiger partial charge is 0.224 e. The van der Waals surface area contributed by atoms with Gasteiger partial charge in [0, 0.05) is 10.9 Å². The maximum absolute atomic E-state index is 12.5. The Balaban J connectivity index is 1.56. The van der Waals surface area contributed by atoms with Gasteiger partial charge < -0.3 is 10.1 Å². The number of rotatable bonds is 6. The fourth-order valence-corrected chi connectivity index (χ4v) is 3.30. The molecule has 4 heteroatoms. The van der Waals surface area contributed by atoms with E-state index < -0.39 is 0 Å².